The maximum Gasteiger partial charge on any atom is 0.189 e. The number of benzene rings is 1. The van der Waals surface area contributed by atoms with E-state index in [0.29, 0.717) is 18.1 Å². The van der Waals surface area contributed by atoms with E-state index in [4.69, 9.17) is 4.74 Å². The first-order valence-electron chi connectivity index (χ1n) is 5.96. The van der Waals surface area contributed by atoms with Crippen LogP contribution in [-0.4, -0.2) is 19.0 Å². The highest BCUT2D eigenvalue weighted by molar-refractivity contribution is 9.10. The van der Waals surface area contributed by atoms with Gasteiger partial charge in [-0.2, -0.15) is 0 Å². The zero-order valence-corrected chi connectivity index (χ0v) is 12.0. The lowest BCUT2D eigenvalue weighted by Gasteiger charge is -2.06. The minimum Gasteiger partial charge on any atom is -0.373 e. The smallest absolute Gasteiger partial charge is 0.189 e. The van der Waals surface area contributed by atoms with Crippen molar-refractivity contribution >= 4 is 21.7 Å². The van der Waals surface area contributed by atoms with Gasteiger partial charge in [0.25, 0.3) is 0 Å². The minimum absolute atomic E-state index is 0.0296. The maximum absolute atomic E-state index is 11.8. The Balaban J connectivity index is 2.29. The highest BCUT2D eigenvalue weighted by Crippen LogP contribution is 2.16. The van der Waals surface area contributed by atoms with Gasteiger partial charge in [0.1, 0.15) is 6.61 Å². The van der Waals surface area contributed by atoms with Gasteiger partial charge in [-0.05, 0) is 24.8 Å². The zero-order chi connectivity index (χ0) is 12.7. The third kappa shape index (κ3) is 5.46. The van der Waals surface area contributed by atoms with Gasteiger partial charge in [0.15, 0.2) is 5.78 Å². The second-order valence-electron chi connectivity index (χ2n) is 4.49. The number of ketones is 1. The van der Waals surface area contributed by atoms with Gasteiger partial charge < -0.3 is 4.74 Å². The van der Waals surface area contributed by atoms with E-state index in [-0.39, 0.29) is 12.4 Å². The number of ether oxygens (including phenoxy) is 1. The Bertz CT molecular complexity index is 361. The molecule has 0 saturated heterocycles. The number of halogens is 1. The lowest BCUT2D eigenvalue weighted by molar-refractivity contribution is 0.0748. The molecular formula is C14H19BrO2. The molecule has 0 aliphatic carbocycles. The average Bonchev–Trinajstić information content (AvgIpc) is 2.28. The third-order valence-electron chi connectivity index (χ3n) is 2.48. The SMILES string of the molecule is CC(C)CCCOCC(=O)c1ccccc1Br. The maximum atomic E-state index is 11.8. The van der Waals surface area contributed by atoms with Crippen LogP contribution in [0.4, 0.5) is 0 Å². The van der Waals surface area contributed by atoms with Crippen LogP contribution >= 0.6 is 15.9 Å². The molecule has 0 bridgehead atoms. The number of rotatable bonds is 7. The van der Waals surface area contributed by atoms with E-state index in [1.54, 1.807) is 0 Å². The Morgan fingerprint density at radius 3 is 2.71 bits per heavy atom. The quantitative estimate of drug-likeness (QED) is 0.560. The first-order chi connectivity index (χ1) is 8.11. The van der Waals surface area contributed by atoms with E-state index in [9.17, 15) is 4.79 Å². The molecule has 0 radical (unpaired) electrons. The summed E-state index contributed by atoms with van der Waals surface area (Å²) in [6.45, 7) is 5.20. The molecule has 0 aromatic heterocycles. The topological polar surface area (TPSA) is 26.3 Å². The van der Waals surface area contributed by atoms with Crippen LogP contribution in [0.5, 0.6) is 0 Å². The van der Waals surface area contributed by atoms with E-state index in [1.165, 1.54) is 0 Å². The monoisotopic (exact) mass is 298 g/mol. The van der Waals surface area contributed by atoms with Crippen LogP contribution in [0.15, 0.2) is 28.7 Å². The van der Waals surface area contributed by atoms with E-state index >= 15 is 0 Å². The molecule has 0 heterocycles. The van der Waals surface area contributed by atoms with Crippen LogP contribution < -0.4 is 0 Å². The molecule has 1 aromatic carbocycles. The second-order valence-corrected chi connectivity index (χ2v) is 5.35. The Labute approximate surface area is 111 Å². The molecule has 0 N–H and O–H groups in total. The standard InChI is InChI=1S/C14H19BrO2/c1-11(2)6-5-9-17-10-14(16)12-7-3-4-8-13(12)15/h3-4,7-8,11H,5-6,9-10H2,1-2H3. The molecule has 94 valence electrons. The molecule has 0 unspecified atom stereocenters. The number of carbonyl (C=O) groups excluding carboxylic acids is 1. The molecule has 1 rings (SSSR count). The van der Waals surface area contributed by atoms with Gasteiger partial charge in [-0.15, -0.1) is 0 Å². The molecule has 1 aromatic rings. The van der Waals surface area contributed by atoms with Crippen LogP contribution in [0.1, 0.15) is 37.0 Å². The molecule has 0 atom stereocenters. The van der Waals surface area contributed by atoms with Crippen molar-refractivity contribution in [1.82, 2.24) is 0 Å². The third-order valence-corrected chi connectivity index (χ3v) is 3.17. The molecule has 0 amide bonds. The summed E-state index contributed by atoms with van der Waals surface area (Å²) in [4.78, 5) is 11.8. The first-order valence-corrected chi connectivity index (χ1v) is 6.76. The average molecular weight is 299 g/mol. The van der Waals surface area contributed by atoms with E-state index < -0.39 is 0 Å². The van der Waals surface area contributed by atoms with Crippen molar-refractivity contribution in [3.05, 3.63) is 34.3 Å². The Morgan fingerprint density at radius 1 is 1.35 bits per heavy atom. The molecule has 3 heteroatoms. The van der Waals surface area contributed by atoms with Crippen molar-refractivity contribution in [3.8, 4) is 0 Å². The Morgan fingerprint density at radius 2 is 2.06 bits per heavy atom. The van der Waals surface area contributed by atoms with Crippen LogP contribution in [0.2, 0.25) is 0 Å². The van der Waals surface area contributed by atoms with Crippen LogP contribution in [0.25, 0.3) is 0 Å². The fraction of sp³-hybridized carbons (Fsp3) is 0.500. The fourth-order valence-corrected chi connectivity index (χ4v) is 2.03. The predicted molar refractivity (Wildman–Crippen MR) is 73.4 cm³/mol. The molecule has 0 aliphatic heterocycles. The number of hydrogen-bond donors (Lipinski definition) is 0. The van der Waals surface area contributed by atoms with Crippen LogP contribution in [-0.2, 0) is 4.74 Å². The van der Waals surface area contributed by atoms with E-state index in [2.05, 4.69) is 29.8 Å². The van der Waals surface area contributed by atoms with Crippen molar-refractivity contribution in [1.29, 1.82) is 0 Å². The summed E-state index contributed by atoms with van der Waals surface area (Å²) < 4.78 is 6.21. The van der Waals surface area contributed by atoms with Crippen LogP contribution in [0, 0.1) is 5.92 Å². The van der Waals surface area contributed by atoms with Gasteiger partial charge >= 0.3 is 0 Å². The molecule has 0 aliphatic rings. The molecule has 0 fully saturated rings. The minimum atomic E-state index is 0.0296. The van der Waals surface area contributed by atoms with E-state index in [0.717, 1.165) is 17.3 Å². The van der Waals surface area contributed by atoms with Crippen molar-refractivity contribution in [2.75, 3.05) is 13.2 Å². The number of carbonyl (C=O) groups is 1. The van der Waals surface area contributed by atoms with Gasteiger partial charge in [0.2, 0.25) is 0 Å². The van der Waals surface area contributed by atoms with Crippen molar-refractivity contribution in [3.63, 3.8) is 0 Å². The normalized spacial score (nSPS) is 10.8. The zero-order valence-electron chi connectivity index (χ0n) is 10.4. The summed E-state index contributed by atoms with van der Waals surface area (Å²) in [5.74, 6) is 0.722. The summed E-state index contributed by atoms with van der Waals surface area (Å²) >= 11 is 3.36. The van der Waals surface area contributed by atoms with E-state index in [1.807, 2.05) is 24.3 Å². The molecule has 17 heavy (non-hydrogen) atoms. The van der Waals surface area contributed by atoms with Crippen molar-refractivity contribution in [2.45, 2.75) is 26.7 Å². The van der Waals surface area contributed by atoms with Crippen molar-refractivity contribution < 1.29 is 9.53 Å². The lowest BCUT2D eigenvalue weighted by atomic mass is 10.1. The molecule has 2 nitrogen and oxygen atoms in total. The van der Waals surface area contributed by atoms with Crippen molar-refractivity contribution in [2.24, 2.45) is 5.92 Å². The van der Waals surface area contributed by atoms with Gasteiger partial charge in [-0.25, -0.2) is 0 Å². The predicted octanol–water partition coefficient (Wildman–Crippen LogP) is 4.08. The second kappa shape index (κ2) is 7.62. The number of hydrogen-bond acceptors (Lipinski definition) is 2. The Kier molecular flexibility index (Phi) is 6.45. The summed E-state index contributed by atoms with van der Waals surface area (Å²) in [5, 5.41) is 0. The summed E-state index contributed by atoms with van der Waals surface area (Å²) in [6.07, 6.45) is 2.16. The largest absolute Gasteiger partial charge is 0.373 e. The highest BCUT2D eigenvalue weighted by atomic mass is 79.9. The van der Waals surface area contributed by atoms with Crippen LogP contribution in [0.3, 0.4) is 0 Å². The fourth-order valence-electron chi connectivity index (χ4n) is 1.52. The van der Waals surface area contributed by atoms with Gasteiger partial charge in [-0.1, -0.05) is 48.0 Å². The summed E-state index contributed by atoms with van der Waals surface area (Å²) in [5.41, 5.74) is 0.691. The molecule has 0 spiro atoms. The van der Waals surface area contributed by atoms with Gasteiger partial charge in [0, 0.05) is 16.6 Å². The summed E-state index contributed by atoms with van der Waals surface area (Å²) in [6, 6.07) is 7.43. The number of Topliss-reactive ketones (excluding diaryl/α,β-unsaturated/α-hetero) is 1. The summed E-state index contributed by atoms with van der Waals surface area (Å²) in [7, 11) is 0. The first kappa shape index (κ1) is 14.4. The van der Waals surface area contributed by atoms with Gasteiger partial charge in [0.05, 0.1) is 0 Å². The van der Waals surface area contributed by atoms with Gasteiger partial charge in [-0.3, -0.25) is 4.79 Å². The molecule has 0 saturated carbocycles. The lowest BCUT2D eigenvalue weighted by Crippen LogP contribution is -2.10. The molecular weight excluding hydrogens is 280 g/mol. The Hall–Kier alpha value is -0.670. The highest BCUT2D eigenvalue weighted by Gasteiger charge is 2.08.